The Morgan fingerprint density at radius 3 is 2.54 bits per heavy atom. The van der Waals surface area contributed by atoms with Gasteiger partial charge in [0.05, 0.1) is 10.6 Å². The van der Waals surface area contributed by atoms with Gasteiger partial charge in [0.15, 0.2) is 5.13 Å². The number of nitrogens with zero attached hydrogens (tertiary/aromatic N) is 2. The van der Waals surface area contributed by atoms with Gasteiger partial charge >= 0.3 is 0 Å². The van der Waals surface area contributed by atoms with Gasteiger partial charge in [-0.05, 0) is 37.1 Å². The molecule has 3 rings (SSSR count). The second-order valence-corrected chi connectivity index (χ2v) is 8.83. The number of aromatic nitrogens is 1. The summed E-state index contributed by atoms with van der Waals surface area (Å²) < 4.78 is 26.5. The minimum absolute atomic E-state index is 0.223. The SMILES string of the molecule is CNc1nc(CCNC(=O)c2ccc(S(=O)(=O)N3CCCC3)cc2)cs1. The number of rotatable bonds is 7. The summed E-state index contributed by atoms with van der Waals surface area (Å²) in [7, 11) is -1.63. The molecule has 140 valence electrons. The van der Waals surface area contributed by atoms with Crippen LogP contribution in [0.5, 0.6) is 0 Å². The fourth-order valence-corrected chi connectivity index (χ4v) is 5.02. The van der Waals surface area contributed by atoms with Crippen molar-refractivity contribution in [2.45, 2.75) is 24.2 Å². The van der Waals surface area contributed by atoms with Crippen LogP contribution in [-0.2, 0) is 16.4 Å². The number of sulfonamides is 1. The summed E-state index contributed by atoms with van der Waals surface area (Å²) in [6, 6.07) is 6.12. The topological polar surface area (TPSA) is 91.4 Å². The number of amides is 1. The lowest BCUT2D eigenvalue weighted by molar-refractivity contribution is 0.0954. The highest BCUT2D eigenvalue weighted by Gasteiger charge is 2.27. The summed E-state index contributed by atoms with van der Waals surface area (Å²) in [5.74, 6) is -0.223. The molecule has 1 amide bonds. The molecule has 0 atom stereocenters. The smallest absolute Gasteiger partial charge is 0.251 e. The third-order valence-electron chi connectivity index (χ3n) is 4.25. The highest BCUT2D eigenvalue weighted by atomic mass is 32.2. The standard InChI is InChI=1S/C17H22N4O3S2/c1-18-17-20-14(12-25-17)8-9-19-16(22)13-4-6-15(7-5-13)26(23,24)21-10-2-3-11-21/h4-7,12H,2-3,8-11H2,1H3,(H,18,20)(H,19,22). The quantitative estimate of drug-likeness (QED) is 0.749. The zero-order valence-electron chi connectivity index (χ0n) is 14.6. The van der Waals surface area contributed by atoms with Crippen LogP contribution in [0, 0.1) is 0 Å². The van der Waals surface area contributed by atoms with Gasteiger partial charge in [-0.1, -0.05) is 0 Å². The van der Waals surface area contributed by atoms with Gasteiger partial charge in [0.25, 0.3) is 5.91 Å². The van der Waals surface area contributed by atoms with E-state index >= 15 is 0 Å². The van der Waals surface area contributed by atoms with Crippen LogP contribution >= 0.6 is 11.3 Å². The van der Waals surface area contributed by atoms with Crippen LogP contribution in [0.15, 0.2) is 34.5 Å². The van der Waals surface area contributed by atoms with Crippen LogP contribution in [0.25, 0.3) is 0 Å². The number of hydrogen-bond donors (Lipinski definition) is 2. The van der Waals surface area contributed by atoms with Crippen molar-refractivity contribution in [3.8, 4) is 0 Å². The maximum Gasteiger partial charge on any atom is 0.251 e. The molecule has 0 bridgehead atoms. The van der Waals surface area contributed by atoms with E-state index in [0.717, 1.165) is 23.7 Å². The van der Waals surface area contributed by atoms with Crippen molar-refractivity contribution >= 4 is 32.4 Å². The molecule has 0 saturated carbocycles. The van der Waals surface area contributed by atoms with E-state index in [4.69, 9.17) is 0 Å². The summed E-state index contributed by atoms with van der Waals surface area (Å²) in [5, 5.41) is 8.61. The van der Waals surface area contributed by atoms with E-state index in [-0.39, 0.29) is 10.8 Å². The Labute approximate surface area is 157 Å². The number of anilines is 1. The lowest BCUT2D eigenvalue weighted by atomic mass is 10.2. The van der Waals surface area contributed by atoms with Crippen LogP contribution in [0.2, 0.25) is 0 Å². The van der Waals surface area contributed by atoms with Gasteiger partial charge in [0.2, 0.25) is 10.0 Å². The molecule has 2 N–H and O–H groups in total. The minimum Gasteiger partial charge on any atom is -0.365 e. The predicted octanol–water partition coefficient (Wildman–Crippen LogP) is 1.94. The van der Waals surface area contributed by atoms with Crippen molar-refractivity contribution < 1.29 is 13.2 Å². The summed E-state index contributed by atoms with van der Waals surface area (Å²) in [6.07, 6.45) is 2.44. The molecule has 0 spiro atoms. The molecule has 1 aliphatic heterocycles. The van der Waals surface area contributed by atoms with Gasteiger partial charge in [-0.3, -0.25) is 4.79 Å². The maximum atomic E-state index is 12.5. The number of thiazole rings is 1. The molecular weight excluding hydrogens is 372 g/mol. The van der Waals surface area contributed by atoms with Crippen LogP contribution in [0.4, 0.5) is 5.13 Å². The van der Waals surface area contributed by atoms with Crippen LogP contribution in [0.1, 0.15) is 28.9 Å². The highest BCUT2D eigenvalue weighted by Crippen LogP contribution is 2.21. The second-order valence-electron chi connectivity index (χ2n) is 6.04. The molecule has 26 heavy (non-hydrogen) atoms. The maximum absolute atomic E-state index is 12.5. The Kier molecular flexibility index (Phi) is 5.90. The van der Waals surface area contributed by atoms with Crippen molar-refractivity contribution in [3.63, 3.8) is 0 Å². The minimum atomic E-state index is -3.45. The van der Waals surface area contributed by atoms with E-state index in [2.05, 4.69) is 15.6 Å². The van der Waals surface area contributed by atoms with E-state index in [1.807, 2.05) is 12.4 Å². The first kappa shape index (κ1) is 18.8. The molecule has 1 fully saturated rings. The van der Waals surface area contributed by atoms with Gasteiger partial charge < -0.3 is 10.6 Å². The molecule has 1 aliphatic rings. The third-order valence-corrected chi connectivity index (χ3v) is 7.07. The van der Waals surface area contributed by atoms with Gasteiger partial charge in [-0.15, -0.1) is 11.3 Å². The average Bonchev–Trinajstić information content (AvgIpc) is 3.34. The van der Waals surface area contributed by atoms with Crippen molar-refractivity contribution in [2.24, 2.45) is 0 Å². The van der Waals surface area contributed by atoms with E-state index in [1.165, 1.54) is 27.8 Å². The Hall–Kier alpha value is -1.97. The molecular formula is C17H22N4O3S2. The zero-order valence-corrected chi connectivity index (χ0v) is 16.2. The second kappa shape index (κ2) is 8.15. The summed E-state index contributed by atoms with van der Waals surface area (Å²) in [4.78, 5) is 16.8. The Morgan fingerprint density at radius 2 is 1.92 bits per heavy atom. The first-order valence-electron chi connectivity index (χ1n) is 8.51. The van der Waals surface area contributed by atoms with Crippen molar-refractivity contribution in [1.29, 1.82) is 0 Å². The van der Waals surface area contributed by atoms with Gasteiger partial charge in [-0.25, -0.2) is 13.4 Å². The van der Waals surface area contributed by atoms with Crippen molar-refractivity contribution in [1.82, 2.24) is 14.6 Å². The first-order valence-corrected chi connectivity index (χ1v) is 10.8. The predicted molar refractivity (Wildman–Crippen MR) is 102 cm³/mol. The normalized spacial score (nSPS) is 15.1. The molecule has 0 radical (unpaired) electrons. The Balaban J connectivity index is 1.56. The Bertz CT molecular complexity index is 856. The molecule has 0 aliphatic carbocycles. The van der Waals surface area contributed by atoms with Crippen molar-refractivity contribution in [3.05, 3.63) is 40.9 Å². The molecule has 0 unspecified atom stereocenters. The monoisotopic (exact) mass is 394 g/mol. The van der Waals surface area contributed by atoms with Crippen molar-refractivity contribution in [2.75, 3.05) is 32.0 Å². The molecule has 2 aromatic rings. The van der Waals surface area contributed by atoms with Gasteiger partial charge in [0.1, 0.15) is 0 Å². The zero-order chi connectivity index (χ0) is 18.6. The Morgan fingerprint density at radius 1 is 1.23 bits per heavy atom. The fourth-order valence-electron chi connectivity index (χ4n) is 2.80. The largest absolute Gasteiger partial charge is 0.365 e. The average molecular weight is 395 g/mol. The van der Waals surface area contributed by atoms with E-state index in [0.29, 0.717) is 31.6 Å². The van der Waals surface area contributed by atoms with E-state index in [1.54, 1.807) is 12.1 Å². The number of hydrogen-bond acceptors (Lipinski definition) is 6. The van der Waals surface area contributed by atoms with Crippen LogP contribution < -0.4 is 10.6 Å². The highest BCUT2D eigenvalue weighted by molar-refractivity contribution is 7.89. The third kappa shape index (κ3) is 4.22. The summed E-state index contributed by atoms with van der Waals surface area (Å²) in [5.41, 5.74) is 1.37. The van der Waals surface area contributed by atoms with Gasteiger partial charge in [-0.2, -0.15) is 4.31 Å². The van der Waals surface area contributed by atoms with Crippen LogP contribution in [0.3, 0.4) is 0 Å². The molecule has 1 aromatic carbocycles. The fraction of sp³-hybridized carbons (Fsp3) is 0.412. The summed E-state index contributed by atoms with van der Waals surface area (Å²) in [6.45, 7) is 1.60. The molecule has 9 heteroatoms. The van der Waals surface area contributed by atoms with E-state index < -0.39 is 10.0 Å². The summed E-state index contributed by atoms with van der Waals surface area (Å²) >= 11 is 1.52. The lowest BCUT2D eigenvalue weighted by Gasteiger charge is -2.15. The number of carbonyl (C=O) groups is 1. The molecule has 1 aromatic heterocycles. The lowest BCUT2D eigenvalue weighted by Crippen LogP contribution is -2.28. The number of nitrogens with one attached hydrogen (secondary N) is 2. The van der Waals surface area contributed by atoms with Gasteiger partial charge in [0, 0.05) is 44.0 Å². The first-order chi connectivity index (χ1) is 12.5. The number of benzene rings is 1. The molecule has 7 nitrogen and oxygen atoms in total. The molecule has 2 heterocycles. The number of carbonyl (C=O) groups excluding carboxylic acids is 1. The van der Waals surface area contributed by atoms with E-state index in [9.17, 15) is 13.2 Å². The van der Waals surface area contributed by atoms with Crippen LogP contribution in [-0.4, -0.2) is 50.3 Å². The molecule has 1 saturated heterocycles.